The summed E-state index contributed by atoms with van der Waals surface area (Å²) < 4.78 is 27.8. The Morgan fingerprint density at radius 3 is 2.81 bits per heavy atom. The molecule has 9 heteroatoms. The maximum atomic E-state index is 12.8. The largest absolute Gasteiger partial charge is 0.461 e. The van der Waals surface area contributed by atoms with Crippen molar-refractivity contribution in [3.05, 3.63) is 35.5 Å². The van der Waals surface area contributed by atoms with E-state index in [1.807, 2.05) is 6.92 Å². The molecule has 4 rings (SSSR count). The van der Waals surface area contributed by atoms with Gasteiger partial charge in [-0.05, 0) is 25.5 Å². The van der Waals surface area contributed by atoms with Gasteiger partial charge in [-0.1, -0.05) is 12.7 Å². The molecule has 1 aliphatic carbocycles. The van der Waals surface area contributed by atoms with Gasteiger partial charge in [0.05, 0.1) is 23.7 Å². The topological polar surface area (TPSA) is 124 Å². The van der Waals surface area contributed by atoms with Crippen LogP contribution in [0.2, 0.25) is 0 Å². The summed E-state index contributed by atoms with van der Waals surface area (Å²) in [5.74, 6) is -2.41. The quantitative estimate of drug-likeness (QED) is 0.219. The van der Waals surface area contributed by atoms with Gasteiger partial charge in [0.25, 0.3) is 0 Å². The Kier molecular flexibility index (Phi) is 5.53. The molecular weight excluding hydrogens is 408 g/mol. The number of hydrogen-bond acceptors (Lipinski definition) is 9. The Bertz CT molecular complexity index is 887. The van der Waals surface area contributed by atoms with Crippen LogP contribution in [0.4, 0.5) is 0 Å². The lowest BCUT2D eigenvalue weighted by atomic mass is 9.82. The van der Waals surface area contributed by atoms with Crippen LogP contribution in [0.15, 0.2) is 35.5 Å². The van der Waals surface area contributed by atoms with Crippen molar-refractivity contribution in [3.63, 3.8) is 0 Å². The molecule has 0 saturated carbocycles. The van der Waals surface area contributed by atoms with Crippen LogP contribution in [0.3, 0.4) is 0 Å². The highest BCUT2D eigenvalue weighted by atomic mass is 16.7. The average Bonchev–Trinajstić information content (AvgIpc) is 3.59. The summed E-state index contributed by atoms with van der Waals surface area (Å²) in [7, 11) is 0. The fourth-order valence-corrected chi connectivity index (χ4v) is 4.41. The van der Waals surface area contributed by atoms with Crippen LogP contribution in [0.1, 0.15) is 27.2 Å². The number of esters is 3. The minimum absolute atomic E-state index is 0.176. The summed E-state index contributed by atoms with van der Waals surface area (Å²) in [5.41, 5.74) is 0.338. The van der Waals surface area contributed by atoms with Crippen molar-refractivity contribution in [1.82, 2.24) is 0 Å². The van der Waals surface area contributed by atoms with Crippen LogP contribution in [0.25, 0.3) is 0 Å². The molecule has 168 valence electrons. The van der Waals surface area contributed by atoms with Crippen molar-refractivity contribution < 1.29 is 43.2 Å². The fourth-order valence-electron chi connectivity index (χ4n) is 4.41. The van der Waals surface area contributed by atoms with Gasteiger partial charge < -0.3 is 28.8 Å². The summed E-state index contributed by atoms with van der Waals surface area (Å²) in [5, 5.41) is 9.82. The normalized spacial score (nSPS) is 40.4. The van der Waals surface area contributed by atoms with Crippen LogP contribution >= 0.6 is 0 Å². The van der Waals surface area contributed by atoms with Crippen LogP contribution in [0, 0.1) is 5.92 Å². The Morgan fingerprint density at radius 2 is 2.16 bits per heavy atom. The van der Waals surface area contributed by atoms with Crippen molar-refractivity contribution >= 4 is 17.9 Å². The predicted molar refractivity (Wildman–Crippen MR) is 105 cm³/mol. The number of rotatable bonds is 5. The molecule has 3 aliphatic heterocycles. The summed E-state index contributed by atoms with van der Waals surface area (Å²) in [6.07, 6.45) is 1.23. The first kappa shape index (κ1) is 21.7. The molecule has 9 nitrogen and oxygen atoms in total. The highest BCUT2D eigenvalue weighted by molar-refractivity contribution is 5.92. The molecule has 31 heavy (non-hydrogen) atoms. The number of epoxide rings is 2. The molecular formula is C22H26O9. The predicted octanol–water partition coefficient (Wildman–Crippen LogP) is 0.753. The molecule has 1 N–H and O–H groups in total. The Labute approximate surface area is 179 Å². The van der Waals surface area contributed by atoms with Crippen LogP contribution in [0.5, 0.6) is 0 Å². The van der Waals surface area contributed by atoms with Crippen molar-refractivity contribution in [1.29, 1.82) is 0 Å². The second-order valence-electron chi connectivity index (χ2n) is 8.44. The monoisotopic (exact) mass is 434 g/mol. The van der Waals surface area contributed by atoms with Gasteiger partial charge in [-0.2, -0.15) is 0 Å². The molecule has 0 amide bonds. The molecule has 0 aromatic rings. The second kappa shape index (κ2) is 7.89. The smallest absolute Gasteiger partial charge is 0.337 e. The molecule has 0 aromatic carbocycles. The lowest BCUT2D eigenvalue weighted by Gasteiger charge is -2.28. The number of aliphatic hydroxyl groups is 1. The summed E-state index contributed by atoms with van der Waals surface area (Å²) in [4.78, 5) is 36.3. The van der Waals surface area contributed by atoms with Gasteiger partial charge in [-0.25, -0.2) is 9.59 Å². The van der Waals surface area contributed by atoms with E-state index >= 15 is 0 Å². The maximum absolute atomic E-state index is 12.8. The van der Waals surface area contributed by atoms with E-state index in [4.69, 9.17) is 23.7 Å². The summed E-state index contributed by atoms with van der Waals surface area (Å²) >= 11 is 0. The zero-order valence-electron chi connectivity index (χ0n) is 17.7. The highest BCUT2D eigenvalue weighted by Gasteiger charge is 2.67. The van der Waals surface area contributed by atoms with Gasteiger partial charge in [0, 0.05) is 18.9 Å². The molecule has 0 aromatic heterocycles. The van der Waals surface area contributed by atoms with Gasteiger partial charge in [-0.3, -0.25) is 4.79 Å². The maximum Gasteiger partial charge on any atom is 0.337 e. The van der Waals surface area contributed by atoms with Crippen LogP contribution in [-0.2, 0) is 38.1 Å². The first-order valence-electron chi connectivity index (χ1n) is 10.2. The van der Waals surface area contributed by atoms with Crippen LogP contribution in [-0.4, -0.2) is 72.3 Å². The van der Waals surface area contributed by atoms with Crippen LogP contribution < -0.4 is 0 Å². The minimum atomic E-state index is -0.787. The number of hydrogen-bond donors (Lipinski definition) is 1. The fraction of sp³-hybridized carbons (Fsp3) is 0.591. The summed E-state index contributed by atoms with van der Waals surface area (Å²) in [6.45, 7) is 8.16. The van der Waals surface area contributed by atoms with Crippen molar-refractivity contribution in [2.75, 3.05) is 13.2 Å². The van der Waals surface area contributed by atoms with E-state index < -0.39 is 41.6 Å². The molecule has 0 bridgehead atoms. The molecule has 3 fully saturated rings. The zero-order chi connectivity index (χ0) is 22.5. The molecule has 0 spiro atoms. The summed E-state index contributed by atoms with van der Waals surface area (Å²) in [6, 6.07) is 0. The standard InChI is InChI=1S/C22H26O9/c1-5-12(9-27-11(3)24)21(26)29-15-7-22(4)19(31-22)18-17(30-18)13(8-23)6-14-16(15)10(2)20(25)28-14/h5-6,14-19,23H,2,7-9H2,1,3-4H3/b12-5-,13-6-/t14-,15-,16+,17+,18+,19-,22-/m1/s1. The number of fused-ring (bicyclic) bond motifs is 4. The van der Waals surface area contributed by atoms with Gasteiger partial charge in [0.15, 0.2) is 0 Å². The number of allylic oxidation sites excluding steroid dienone is 1. The molecule has 0 radical (unpaired) electrons. The van der Waals surface area contributed by atoms with E-state index in [0.29, 0.717) is 12.0 Å². The molecule has 3 heterocycles. The molecule has 4 aliphatic rings. The number of ether oxygens (including phenoxy) is 5. The zero-order valence-corrected chi connectivity index (χ0v) is 17.7. The van der Waals surface area contributed by atoms with E-state index in [9.17, 15) is 19.5 Å². The van der Waals surface area contributed by atoms with E-state index in [2.05, 4.69) is 6.58 Å². The van der Waals surface area contributed by atoms with Crippen molar-refractivity contribution in [3.8, 4) is 0 Å². The second-order valence-corrected chi connectivity index (χ2v) is 8.44. The van der Waals surface area contributed by atoms with E-state index in [1.54, 1.807) is 13.0 Å². The highest BCUT2D eigenvalue weighted by Crippen LogP contribution is 2.53. The third-order valence-electron chi connectivity index (χ3n) is 6.26. The number of aliphatic hydroxyl groups excluding tert-OH is 1. The van der Waals surface area contributed by atoms with E-state index in [1.165, 1.54) is 13.0 Å². The Hall–Kier alpha value is -2.49. The van der Waals surface area contributed by atoms with E-state index in [0.717, 1.165) is 0 Å². The number of carbonyl (C=O) groups is 3. The molecule has 3 saturated heterocycles. The lowest BCUT2D eigenvalue weighted by Crippen LogP contribution is -2.38. The van der Waals surface area contributed by atoms with Gasteiger partial charge in [-0.15, -0.1) is 0 Å². The molecule has 0 unspecified atom stereocenters. The SMILES string of the molecule is C=C1C(=O)O[C@@H]2/C=C(/CO)[C@@H]3O[C@@H]3[C@H]3O[C@]3(C)C[C@@H](OC(=O)/C(=C\C)COC(C)=O)[C@@H]12. The van der Waals surface area contributed by atoms with Crippen molar-refractivity contribution in [2.24, 2.45) is 5.92 Å². The average molecular weight is 434 g/mol. The first-order chi connectivity index (χ1) is 14.7. The third kappa shape index (κ3) is 4.05. The molecule has 7 atom stereocenters. The first-order valence-corrected chi connectivity index (χ1v) is 10.2. The van der Waals surface area contributed by atoms with Gasteiger partial charge >= 0.3 is 17.9 Å². The van der Waals surface area contributed by atoms with Crippen molar-refractivity contribution in [2.45, 2.75) is 63.3 Å². The van der Waals surface area contributed by atoms with Gasteiger partial charge in [0.2, 0.25) is 0 Å². The lowest BCUT2D eigenvalue weighted by molar-refractivity contribution is -0.150. The minimum Gasteiger partial charge on any atom is -0.461 e. The Balaban J connectivity index is 1.63. The Morgan fingerprint density at radius 1 is 1.42 bits per heavy atom. The number of carbonyl (C=O) groups excluding carboxylic acids is 3. The third-order valence-corrected chi connectivity index (χ3v) is 6.26. The van der Waals surface area contributed by atoms with Gasteiger partial charge in [0.1, 0.15) is 37.1 Å². The van der Waals surface area contributed by atoms with E-state index in [-0.39, 0.29) is 42.7 Å².